The molecule has 6 heteroatoms. The molecule has 2 N–H and O–H groups in total. The molecule has 3 aromatic carbocycles. The summed E-state index contributed by atoms with van der Waals surface area (Å²) in [6.07, 6.45) is 0. The van der Waals surface area contributed by atoms with Gasteiger partial charge in [0, 0.05) is 33.4 Å². The van der Waals surface area contributed by atoms with Gasteiger partial charge in [-0.05, 0) is 48.9 Å². The number of hydrogen-bond donors (Lipinski definition) is 2. The standard InChI is InChI=1S/C24H20ClN3O2/c1-15-5-3-4-6-20(15)28-24(29)26-18-11-12-21-19(13-18)23(30-2)14-22(27-21)16-7-9-17(25)10-8-16/h3-14H,1-2H3,(H2,26,28,29). The summed E-state index contributed by atoms with van der Waals surface area (Å²) in [7, 11) is 1.62. The Morgan fingerprint density at radius 2 is 1.73 bits per heavy atom. The number of carbonyl (C=O) groups is 1. The van der Waals surface area contributed by atoms with Crippen LogP contribution in [0.5, 0.6) is 5.75 Å². The Morgan fingerprint density at radius 3 is 2.47 bits per heavy atom. The Balaban J connectivity index is 1.62. The quantitative estimate of drug-likeness (QED) is 0.397. The summed E-state index contributed by atoms with van der Waals surface area (Å²) in [5.74, 6) is 0.674. The summed E-state index contributed by atoms with van der Waals surface area (Å²) in [5.41, 5.74) is 4.90. The van der Waals surface area contributed by atoms with Gasteiger partial charge in [0.1, 0.15) is 5.75 Å². The Morgan fingerprint density at radius 1 is 0.967 bits per heavy atom. The van der Waals surface area contributed by atoms with Gasteiger partial charge in [0.2, 0.25) is 0 Å². The van der Waals surface area contributed by atoms with Crippen LogP contribution in [0.15, 0.2) is 72.8 Å². The van der Waals surface area contributed by atoms with Crippen molar-refractivity contribution in [3.05, 3.63) is 83.4 Å². The van der Waals surface area contributed by atoms with Gasteiger partial charge in [-0.1, -0.05) is 41.9 Å². The normalized spacial score (nSPS) is 10.6. The van der Waals surface area contributed by atoms with E-state index in [0.29, 0.717) is 16.5 Å². The second-order valence-electron chi connectivity index (χ2n) is 6.84. The van der Waals surface area contributed by atoms with Gasteiger partial charge < -0.3 is 15.4 Å². The molecule has 0 aliphatic rings. The van der Waals surface area contributed by atoms with E-state index < -0.39 is 0 Å². The Bertz CT molecular complexity index is 1220. The van der Waals surface area contributed by atoms with Crippen molar-refractivity contribution in [1.82, 2.24) is 4.98 Å². The molecule has 0 saturated heterocycles. The van der Waals surface area contributed by atoms with E-state index in [1.807, 2.05) is 79.7 Å². The van der Waals surface area contributed by atoms with Crippen molar-refractivity contribution in [1.29, 1.82) is 0 Å². The molecule has 150 valence electrons. The van der Waals surface area contributed by atoms with Gasteiger partial charge in [0.05, 0.1) is 18.3 Å². The molecule has 0 atom stereocenters. The number of para-hydroxylation sites is 1. The van der Waals surface area contributed by atoms with Gasteiger partial charge in [-0.15, -0.1) is 0 Å². The van der Waals surface area contributed by atoms with Crippen LogP contribution in [-0.2, 0) is 0 Å². The van der Waals surface area contributed by atoms with Gasteiger partial charge in [-0.2, -0.15) is 0 Å². The number of ether oxygens (including phenoxy) is 1. The number of pyridine rings is 1. The SMILES string of the molecule is COc1cc(-c2ccc(Cl)cc2)nc2ccc(NC(=O)Nc3ccccc3C)cc12. The summed E-state index contributed by atoms with van der Waals surface area (Å²) >= 11 is 5.99. The molecule has 0 aliphatic heterocycles. The lowest BCUT2D eigenvalue weighted by molar-refractivity contribution is 0.262. The van der Waals surface area contributed by atoms with Crippen molar-refractivity contribution in [2.75, 3.05) is 17.7 Å². The first-order valence-corrected chi connectivity index (χ1v) is 9.79. The molecule has 0 bridgehead atoms. The first-order valence-electron chi connectivity index (χ1n) is 9.42. The number of halogens is 1. The lowest BCUT2D eigenvalue weighted by Crippen LogP contribution is -2.19. The number of rotatable bonds is 4. The van der Waals surface area contributed by atoms with Gasteiger partial charge >= 0.3 is 6.03 Å². The Labute approximate surface area is 179 Å². The second kappa shape index (κ2) is 8.43. The Kier molecular flexibility index (Phi) is 5.55. The van der Waals surface area contributed by atoms with E-state index in [-0.39, 0.29) is 6.03 Å². The summed E-state index contributed by atoms with van der Waals surface area (Å²) in [6.45, 7) is 1.94. The predicted octanol–water partition coefficient (Wildman–Crippen LogP) is 6.52. The number of fused-ring (bicyclic) bond motifs is 1. The number of anilines is 2. The molecule has 0 aliphatic carbocycles. The number of hydrogen-bond acceptors (Lipinski definition) is 3. The second-order valence-corrected chi connectivity index (χ2v) is 7.28. The molecule has 0 spiro atoms. The fourth-order valence-electron chi connectivity index (χ4n) is 3.21. The predicted molar refractivity (Wildman–Crippen MR) is 123 cm³/mol. The average molecular weight is 418 g/mol. The zero-order valence-electron chi connectivity index (χ0n) is 16.6. The number of urea groups is 1. The third-order valence-electron chi connectivity index (χ3n) is 4.78. The van der Waals surface area contributed by atoms with Crippen LogP contribution in [0.3, 0.4) is 0 Å². The van der Waals surface area contributed by atoms with E-state index in [1.54, 1.807) is 7.11 Å². The van der Waals surface area contributed by atoms with Gasteiger partial charge in [-0.25, -0.2) is 9.78 Å². The number of benzene rings is 3. The third kappa shape index (κ3) is 4.21. The third-order valence-corrected chi connectivity index (χ3v) is 5.03. The van der Waals surface area contributed by atoms with Crippen molar-refractivity contribution in [2.45, 2.75) is 6.92 Å². The van der Waals surface area contributed by atoms with Crippen molar-refractivity contribution < 1.29 is 9.53 Å². The first-order chi connectivity index (χ1) is 14.5. The molecule has 0 radical (unpaired) electrons. The maximum Gasteiger partial charge on any atom is 0.323 e. The molecule has 0 unspecified atom stereocenters. The lowest BCUT2D eigenvalue weighted by atomic mass is 10.1. The molecule has 4 rings (SSSR count). The minimum atomic E-state index is -0.312. The molecule has 1 aromatic heterocycles. The fourth-order valence-corrected chi connectivity index (χ4v) is 3.33. The molecular weight excluding hydrogens is 398 g/mol. The lowest BCUT2D eigenvalue weighted by Gasteiger charge is -2.12. The van der Waals surface area contributed by atoms with E-state index >= 15 is 0 Å². The average Bonchev–Trinajstić information content (AvgIpc) is 2.75. The molecule has 5 nitrogen and oxygen atoms in total. The zero-order valence-corrected chi connectivity index (χ0v) is 17.3. The zero-order chi connectivity index (χ0) is 21.1. The maximum atomic E-state index is 12.4. The minimum absolute atomic E-state index is 0.312. The van der Waals surface area contributed by atoms with Crippen LogP contribution in [0.2, 0.25) is 5.02 Å². The van der Waals surface area contributed by atoms with Crippen molar-refractivity contribution in [3.8, 4) is 17.0 Å². The molecule has 4 aromatic rings. The highest BCUT2D eigenvalue weighted by molar-refractivity contribution is 6.30. The Hall–Kier alpha value is -3.57. The molecule has 0 saturated carbocycles. The number of nitrogens with one attached hydrogen (secondary N) is 2. The largest absolute Gasteiger partial charge is 0.496 e. The van der Waals surface area contributed by atoms with Crippen LogP contribution in [0, 0.1) is 6.92 Å². The van der Waals surface area contributed by atoms with E-state index in [1.165, 1.54) is 0 Å². The topological polar surface area (TPSA) is 63.2 Å². The summed E-state index contributed by atoms with van der Waals surface area (Å²) in [5, 5.41) is 7.21. The molecule has 1 heterocycles. The van der Waals surface area contributed by atoms with Crippen LogP contribution >= 0.6 is 11.6 Å². The van der Waals surface area contributed by atoms with E-state index in [4.69, 9.17) is 21.3 Å². The summed E-state index contributed by atoms with van der Waals surface area (Å²) in [6, 6.07) is 22.2. The van der Waals surface area contributed by atoms with Crippen molar-refractivity contribution in [3.63, 3.8) is 0 Å². The smallest absolute Gasteiger partial charge is 0.323 e. The number of aryl methyl sites for hydroxylation is 1. The van der Waals surface area contributed by atoms with Crippen LogP contribution in [-0.4, -0.2) is 18.1 Å². The summed E-state index contributed by atoms with van der Waals surface area (Å²) < 4.78 is 5.59. The molecular formula is C24H20ClN3O2. The summed E-state index contributed by atoms with van der Waals surface area (Å²) in [4.78, 5) is 17.1. The van der Waals surface area contributed by atoms with Crippen molar-refractivity contribution >= 4 is 39.9 Å². The molecule has 2 amide bonds. The van der Waals surface area contributed by atoms with Crippen LogP contribution in [0.25, 0.3) is 22.2 Å². The highest BCUT2D eigenvalue weighted by atomic mass is 35.5. The van der Waals surface area contributed by atoms with Crippen LogP contribution in [0.4, 0.5) is 16.2 Å². The first kappa shape index (κ1) is 19.7. The highest BCUT2D eigenvalue weighted by Gasteiger charge is 2.11. The van der Waals surface area contributed by atoms with Gasteiger partial charge in [0.25, 0.3) is 0 Å². The number of aromatic nitrogens is 1. The van der Waals surface area contributed by atoms with Gasteiger partial charge in [-0.3, -0.25) is 0 Å². The number of methoxy groups -OCH3 is 1. The highest BCUT2D eigenvalue weighted by Crippen LogP contribution is 2.32. The number of nitrogens with zero attached hydrogens (tertiary/aromatic N) is 1. The molecule has 0 fully saturated rings. The number of carbonyl (C=O) groups excluding carboxylic acids is 1. The maximum absolute atomic E-state index is 12.4. The number of amides is 2. The monoisotopic (exact) mass is 417 g/mol. The van der Waals surface area contributed by atoms with Gasteiger partial charge in [0.15, 0.2) is 0 Å². The van der Waals surface area contributed by atoms with E-state index in [2.05, 4.69) is 10.6 Å². The molecule has 30 heavy (non-hydrogen) atoms. The van der Waals surface area contributed by atoms with Crippen molar-refractivity contribution in [2.24, 2.45) is 0 Å². The fraction of sp³-hybridized carbons (Fsp3) is 0.0833. The van der Waals surface area contributed by atoms with Crippen LogP contribution < -0.4 is 15.4 Å². The van der Waals surface area contributed by atoms with E-state index in [0.717, 1.165) is 33.4 Å². The van der Waals surface area contributed by atoms with Crippen LogP contribution in [0.1, 0.15) is 5.56 Å². The minimum Gasteiger partial charge on any atom is -0.496 e. The van der Waals surface area contributed by atoms with E-state index in [9.17, 15) is 4.79 Å².